The van der Waals surface area contributed by atoms with Crippen molar-refractivity contribution in [3.63, 3.8) is 0 Å². The number of benzene rings is 2. The molecule has 9 heteroatoms. The van der Waals surface area contributed by atoms with Gasteiger partial charge in [0.1, 0.15) is 5.52 Å². The van der Waals surface area contributed by atoms with E-state index in [9.17, 15) is 18.7 Å². The third kappa shape index (κ3) is 4.64. The standard InChI is InChI=1S/C25H32N4O4S/c1-16-7-8-18(13-19(16)15-29(34(32)33)25(3)11-5-6-12-25)21(14-23(30)31)20-9-10-22-24(17(20)2)26-27-28(22)4/h7-10,13,21H,5-6,11-12,14-15H2,1-4H3,(H,30,31)(H,32,33). The first-order valence-electron chi connectivity index (χ1n) is 11.6. The van der Waals surface area contributed by atoms with Gasteiger partial charge in [0.05, 0.1) is 11.9 Å². The van der Waals surface area contributed by atoms with Gasteiger partial charge in [0.2, 0.25) is 11.3 Å². The molecule has 2 N–H and O–H groups in total. The Morgan fingerprint density at radius 2 is 1.94 bits per heavy atom. The quantitative estimate of drug-likeness (QED) is 0.457. The highest BCUT2D eigenvalue weighted by molar-refractivity contribution is 7.76. The Morgan fingerprint density at radius 1 is 1.24 bits per heavy atom. The van der Waals surface area contributed by atoms with Crippen LogP contribution in [0, 0.1) is 13.8 Å². The van der Waals surface area contributed by atoms with Crippen molar-refractivity contribution in [2.24, 2.45) is 7.05 Å². The predicted octanol–water partition coefficient (Wildman–Crippen LogP) is 4.46. The number of hydrogen-bond donors (Lipinski definition) is 2. The van der Waals surface area contributed by atoms with Crippen molar-refractivity contribution in [1.29, 1.82) is 0 Å². The number of carbonyl (C=O) groups is 1. The molecule has 2 aromatic carbocycles. The summed E-state index contributed by atoms with van der Waals surface area (Å²) in [6, 6.07) is 9.83. The first-order valence-corrected chi connectivity index (χ1v) is 12.7. The van der Waals surface area contributed by atoms with E-state index in [4.69, 9.17) is 0 Å². The smallest absolute Gasteiger partial charge is 0.304 e. The molecule has 0 amide bonds. The third-order valence-corrected chi connectivity index (χ3v) is 8.34. The molecule has 34 heavy (non-hydrogen) atoms. The van der Waals surface area contributed by atoms with Gasteiger partial charge in [0.25, 0.3) is 0 Å². The maximum absolute atomic E-state index is 12.3. The van der Waals surface area contributed by atoms with Crippen LogP contribution < -0.4 is 0 Å². The van der Waals surface area contributed by atoms with Crippen molar-refractivity contribution in [1.82, 2.24) is 19.3 Å². The van der Waals surface area contributed by atoms with Crippen LogP contribution in [-0.2, 0) is 29.7 Å². The molecule has 2 unspecified atom stereocenters. The molecule has 3 aromatic rings. The predicted molar refractivity (Wildman–Crippen MR) is 132 cm³/mol. The van der Waals surface area contributed by atoms with Crippen LogP contribution in [0.2, 0.25) is 0 Å². The van der Waals surface area contributed by atoms with Crippen LogP contribution in [0.25, 0.3) is 11.0 Å². The maximum Gasteiger partial charge on any atom is 0.304 e. The van der Waals surface area contributed by atoms with Crippen molar-refractivity contribution >= 4 is 28.3 Å². The van der Waals surface area contributed by atoms with Crippen LogP contribution in [-0.4, -0.2) is 44.7 Å². The van der Waals surface area contributed by atoms with Gasteiger partial charge in [-0.05, 0) is 67.5 Å². The Bertz CT molecular complexity index is 1250. The zero-order chi connectivity index (χ0) is 24.6. The van der Waals surface area contributed by atoms with Crippen LogP contribution >= 0.6 is 0 Å². The number of aromatic nitrogens is 3. The number of aryl methyl sites for hydroxylation is 3. The number of carboxylic acids is 1. The van der Waals surface area contributed by atoms with Gasteiger partial charge in [-0.25, -0.2) is 8.89 Å². The second-order valence-electron chi connectivity index (χ2n) is 9.67. The molecule has 0 radical (unpaired) electrons. The number of aliphatic carboxylic acids is 1. The fraction of sp³-hybridized carbons (Fsp3) is 0.480. The highest BCUT2D eigenvalue weighted by atomic mass is 32.2. The van der Waals surface area contributed by atoms with E-state index >= 15 is 0 Å². The average molecular weight is 485 g/mol. The minimum Gasteiger partial charge on any atom is -0.481 e. The van der Waals surface area contributed by atoms with Gasteiger partial charge in [-0.3, -0.25) is 9.35 Å². The number of nitrogens with zero attached hydrogens (tertiary/aromatic N) is 4. The lowest BCUT2D eigenvalue weighted by atomic mass is 9.84. The molecular formula is C25H32N4O4S. The van der Waals surface area contributed by atoms with Gasteiger partial charge in [-0.15, -0.1) is 5.10 Å². The first-order chi connectivity index (χ1) is 16.1. The molecule has 4 rings (SSSR count). The molecule has 1 aliphatic carbocycles. The summed E-state index contributed by atoms with van der Waals surface area (Å²) in [5, 5.41) is 18.1. The molecule has 0 bridgehead atoms. The van der Waals surface area contributed by atoms with E-state index in [2.05, 4.69) is 17.2 Å². The Kier molecular flexibility index (Phi) is 6.89. The van der Waals surface area contributed by atoms with E-state index in [1.165, 1.54) is 0 Å². The number of fused-ring (bicyclic) bond motifs is 1. The van der Waals surface area contributed by atoms with Crippen LogP contribution in [0.15, 0.2) is 30.3 Å². The molecular weight excluding hydrogens is 452 g/mol. The number of carboxylic acid groups (broad SMARTS) is 1. The van der Waals surface area contributed by atoms with Gasteiger partial charge < -0.3 is 5.11 Å². The third-order valence-electron chi connectivity index (χ3n) is 7.39. The van der Waals surface area contributed by atoms with Crippen LogP contribution in [0.5, 0.6) is 0 Å². The van der Waals surface area contributed by atoms with E-state index in [0.29, 0.717) is 6.54 Å². The lowest BCUT2D eigenvalue weighted by Crippen LogP contribution is -2.44. The summed E-state index contributed by atoms with van der Waals surface area (Å²) in [5.74, 6) is -1.26. The van der Waals surface area contributed by atoms with Gasteiger partial charge in [0, 0.05) is 25.0 Å². The van der Waals surface area contributed by atoms with Gasteiger partial charge >= 0.3 is 5.97 Å². The Labute approximate surface area is 202 Å². The molecule has 1 aromatic heterocycles. The van der Waals surface area contributed by atoms with Crippen molar-refractivity contribution in [2.45, 2.75) is 70.9 Å². The van der Waals surface area contributed by atoms with Crippen LogP contribution in [0.1, 0.15) is 72.8 Å². The summed E-state index contributed by atoms with van der Waals surface area (Å²) in [7, 11) is 1.83. The van der Waals surface area contributed by atoms with E-state index in [-0.39, 0.29) is 17.9 Å². The summed E-state index contributed by atoms with van der Waals surface area (Å²) in [4.78, 5) is 11.9. The van der Waals surface area contributed by atoms with Crippen LogP contribution in [0.4, 0.5) is 0 Å². The molecule has 1 heterocycles. The van der Waals surface area contributed by atoms with E-state index in [1.54, 1.807) is 8.99 Å². The fourth-order valence-electron chi connectivity index (χ4n) is 5.26. The highest BCUT2D eigenvalue weighted by Gasteiger charge is 2.38. The van der Waals surface area contributed by atoms with Gasteiger partial charge in [-0.1, -0.05) is 42.3 Å². The zero-order valence-electron chi connectivity index (χ0n) is 20.1. The van der Waals surface area contributed by atoms with Crippen molar-refractivity contribution < 1.29 is 18.7 Å². The van der Waals surface area contributed by atoms with E-state index in [0.717, 1.165) is 64.5 Å². The molecule has 0 saturated heterocycles. The number of hydrogen-bond acceptors (Lipinski definition) is 4. The summed E-state index contributed by atoms with van der Waals surface area (Å²) < 4.78 is 25.8. The van der Waals surface area contributed by atoms with Gasteiger partial charge in [0.15, 0.2) is 0 Å². The van der Waals surface area contributed by atoms with Crippen molar-refractivity contribution in [3.05, 3.63) is 58.1 Å². The lowest BCUT2D eigenvalue weighted by Gasteiger charge is -2.35. The molecule has 0 aliphatic heterocycles. The summed E-state index contributed by atoms with van der Waals surface area (Å²) >= 11 is -2.10. The highest BCUT2D eigenvalue weighted by Crippen LogP contribution is 2.38. The largest absolute Gasteiger partial charge is 0.481 e. The van der Waals surface area contributed by atoms with E-state index < -0.39 is 17.2 Å². The molecule has 182 valence electrons. The molecule has 1 saturated carbocycles. The Morgan fingerprint density at radius 3 is 2.59 bits per heavy atom. The average Bonchev–Trinajstić information content (AvgIpc) is 3.38. The second kappa shape index (κ2) is 9.56. The molecule has 8 nitrogen and oxygen atoms in total. The summed E-state index contributed by atoms with van der Waals surface area (Å²) in [6.45, 7) is 6.33. The first kappa shape index (κ1) is 24.5. The monoisotopic (exact) mass is 484 g/mol. The number of rotatable bonds is 8. The topological polar surface area (TPSA) is 109 Å². The van der Waals surface area contributed by atoms with Gasteiger partial charge in [-0.2, -0.15) is 4.31 Å². The fourth-order valence-corrected chi connectivity index (χ4v) is 6.07. The zero-order valence-corrected chi connectivity index (χ0v) is 20.9. The summed E-state index contributed by atoms with van der Waals surface area (Å²) in [5.41, 5.74) is 5.96. The molecule has 1 fully saturated rings. The molecule has 2 atom stereocenters. The minimum atomic E-state index is -2.10. The molecule has 0 spiro atoms. The van der Waals surface area contributed by atoms with Crippen molar-refractivity contribution in [2.75, 3.05) is 0 Å². The Hall–Kier alpha value is -2.62. The van der Waals surface area contributed by atoms with Crippen LogP contribution in [0.3, 0.4) is 0 Å². The maximum atomic E-state index is 12.3. The van der Waals surface area contributed by atoms with E-state index in [1.807, 2.05) is 51.2 Å². The molecule has 1 aliphatic rings. The summed E-state index contributed by atoms with van der Waals surface area (Å²) in [6.07, 6.45) is 3.80. The minimum absolute atomic E-state index is 0.0670. The SMILES string of the molecule is Cc1ccc(C(CC(=O)O)c2ccc3c(nnn3C)c2C)cc1CN(S(=O)O)C1(C)CCCC1. The lowest BCUT2D eigenvalue weighted by molar-refractivity contribution is -0.137. The Balaban J connectivity index is 1.75. The van der Waals surface area contributed by atoms with Crippen molar-refractivity contribution in [3.8, 4) is 0 Å². The second-order valence-corrected chi connectivity index (χ2v) is 10.6. The normalized spacial score (nSPS) is 17.4.